The number of rotatable bonds is 2. The Kier molecular flexibility index (Phi) is 3.35. The molecule has 5 nitrogen and oxygen atoms in total. The maximum atomic E-state index is 11.9. The lowest BCUT2D eigenvalue weighted by atomic mass is 9.83. The monoisotopic (exact) mass is 226 g/mol. The Bertz CT molecular complexity index is 331. The molecule has 16 heavy (non-hydrogen) atoms. The third-order valence-corrected chi connectivity index (χ3v) is 2.49. The first-order valence-electron chi connectivity index (χ1n) is 5.42. The standard InChI is InChI=1S/C11H18N2O3/c1-5-13-9(15)7(6-11(2,3)4)8(14)12-10(13)16/h7H,5-6H2,1-4H3,(H,12,14,16). The van der Waals surface area contributed by atoms with Crippen LogP contribution in [0.25, 0.3) is 0 Å². The van der Waals surface area contributed by atoms with Crippen molar-refractivity contribution < 1.29 is 14.4 Å². The molecule has 1 heterocycles. The number of carbonyl (C=O) groups is 3. The summed E-state index contributed by atoms with van der Waals surface area (Å²) < 4.78 is 0. The van der Waals surface area contributed by atoms with Crippen molar-refractivity contribution in [1.82, 2.24) is 10.2 Å². The Morgan fingerprint density at radius 2 is 1.81 bits per heavy atom. The second-order valence-corrected chi connectivity index (χ2v) is 5.19. The Hall–Kier alpha value is -1.39. The Morgan fingerprint density at radius 3 is 2.25 bits per heavy atom. The van der Waals surface area contributed by atoms with E-state index < -0.39 is 17.9 Å². The summed E-state index contributed by atoms with van der Waals surface area (Å²) >= 11 is 0. The molecule has 5 heteroatoms. The molecule has 1 saturated heterocycles. The van der Waals surface area contributed by atoms with E-state index in [9.17, 15) is 14.4 Å². The maximum Gasteiger partial charge on any atom is 0.330 e. The minimum Gasteiger partial charge on any atom is -0.277 e. The molecule has 0 aromatic carbocycles. The number of amides is 4. The van der Waals surface area contributed by atoms with E-state index >= 15 is 0 Å². The van der Waals surface area contributed by atoms with Crippen LogP contribution in [0.5, 0.6) is 0 Å². The summed E-state index contributed by atoms with van der Waals surface area (Å²) in [6, 6.07) is -0.609. The van der Waals surface area contributed by atoms with Gasteiger partial charge in [-0.15, -0.1) is 0 Å². The zero-order valence-corrected chi connectivity index (χ0v) is 10.2. The van der Waals surface area contributed by atoms with Gasteiger partial charge in [-0.2, -0.15) is 0 Å². The van der Waals surface area contributed by atoms with Crippen LogP contribution in [0, 0.1) is 11.3 Å². The molecule has 1 fully saturated rings. The molecule has 1 atom stereocenters. The molecule has 0 bridgehead atoms. The zero-order chi connectivity index (χ0) is 12.5. The number of barbiturate groups is 1. The van der Waals surface area contributed by atoms with E-state index in [-0.39, 0.29) is 11.3 Å². The van der Waals surface area contributed by atoms with Gasteiger partial charge in [0, 0.05) is 6.54 Å². The highest BCUT2D eigenvalue weighted by atomic mass is 16.2. The van der Waals surface area contributed by atoms with Gasteiger partial charge in [0.2, 0.25) is 11.8 Å². The summed E-state index contributed by atoms with van der Waals surface area (Å²) in [4.78, 5) is 35.9. The molecule has 0 saturated carbocycles. The van der Waals surface area contributed by atoms with Crippen molar-refractivity contribution in [2.24, 2.45) is 11.3 Å². The van der Waals surface area contributed by atoms with Crippen LogP contribution in [0.1, 0.15) is 34.1 Å². The molecule has 0 aliphatic carbocycles. The van der Waals surface area contributed by atoms with E-state index in [0.29, 0.717) is 13.0 Å². The lowest BCUT2D eigenvalue weighted by Gasteiger charge is -2.32. The SMILES string of the molecule is CCN1C(=O)NC(=O)C(CC(C)(C)C)C1=O. The van der Waals surface area contributed by atoms with E-state index in [4.69, 9.17) is 0 Å². The highest BCUT2D eigenvalue weighted by Gasteiger charge is 2.41. The molecular formula is C11H18N2O3. The first-order valence-corrected chi connectivity index (χ1v) is 5.42. The molecule has 1 aliphatic heterocycles. The quantitative estimate of drug-likeness (QED) is 0.718. The van der Waals surface area contributed by atoms with Gasteiger partial charge in [0.15, 0.2) is 0 Å². The van der Waals surface area contributed by atoms with Crippen molar-refractivity contribution >= 4 is 17.8 Å². The van der Waals surface area contributed by atoms with Crippen molar-refractivity contribution in [3.63, 3.8) is 0 Å². The molecule has 0 aromatic rings. The van der Waals surface area contributed by atoms with Crippen molar-refractivity contribution in [2.75, 3.05) is 6.54 Å². The van der Waals surface area contributed by atoms with Crippen LogP contribution >= 0.6 is 0 Å². The van der Waals surface area contributed by atoms with Crippen molar-refractivity contribution in [2.45, 2.75) is 34.1 Å². The van der Waals surface area contributed by atoms with E-state index in [2.05, 4.69) is 5.32 Å². The van der Waals surface area contributed by atoms with Gasteiger partial charge >= 0.3 is 6.03 Å². The summed E-state index contributed by atoms with van der Waals surface area (Å²) in [5, 5.41) is 2.21. The Labute approximate surface area is 95.2 Å². The highest BCUT2D eigenvalue weighted by Crippen LogP contribution is 2.27. The van der Waals surface area contributed by atoms with Crippen LogP contribution in [-0.2, 0) is 9.59 Å². The lowest BCUT2D eigenvalue weighted by molar-refractivity contribution is -0.143. The van der Waals surface area contributed by atoms with Crippen LogP contribution in [0.15, 0.2) is 0 Å². The largest absolute Gasteiger partial charge is 0.330 e. The molecular weight excluding hydrogens is 208 g/mol. The first-order chi connectivity index (χ1) is 7.26. The number of nitrogens with zero attached hydrogens (tertiary/aromatic N) is 1. The second kappa shape index (κ2) is 4.23. The summed E-state index contributed by atoms with van der Waals surface area (Å²) in [6.45, 7) is 7.88. The lowest BCUT2D eigenvalue weighted by Crippen LogP contribution is -2.58. The van der Waals surface area contributed by atoms with Crippen LogP contribution in [0.2, 0.25) is 0 Å². The summed E-state index contributed by atoms with van der Waals surface area (Å²) in [5.74, 6) is -1.60. The minimum absolute atomic E-state index is 0.128. The number of hydrogen-bond donors (Lipinski definition) is 1. The van der Waals surface area contributed by atoms with Crippen molar-refractivity contribution in [3.05, 3.63) is 0 Å². The molecule has 0 spiro atoms. The molecule has 0 radical (unpaired) electrons. The van der Waals surface area contributed by atoms with Gasteiger partial charge in [0.1, 0.15) is 5.92 Å². The predicted molar refractivity (Wildman–Crippen MR) is 58.5 cm³/mol. The first kappa shape index (κ1) is 12.7. The average molecular weight is 226 g/mol. The molecule has 1 N–H and O–H groups in total. The van der Waals surface area contributed by atoms with Gasteiger partial charge < -0.3 is 0 Å². The normalized spacial score (nSPS) is 22.4. The van der Waals surface area contributed by atoms with Gasteiger partial charge in [-0.05, 0) is 18.8 Å². The molecule has 1 rings (SSSR count). The summed E-state index contributed by atoms with van der Waals surface area (Å²) in [7, 11) is 0. The van der Waals surface area contributed by atoms with Gasteiger partial charge in [0.25, 0.3) is 0 Å². The Morgan fingerprint density at radius 1 is 1.25 bits per heavy atom. The van der Waals surface area contributed by atoms with E-state index in [1.54, 1.807) is 6.92 Å². The third-order valence-electron chi connectivity index (χ3n) is 2.49. The van der Waals surface area contributed by atoms with Gasteiger partial charge in [-0.1, -0.05) is 20.8 Å². The number of imide groups is 2. The van der Waals surface area contributed by atoms with Crippen LogP contribution in [0.3, 0.4) is 0 Å². The van der Waals surface area contributed by atoms with Gasteiger partial charge in [-0.3, -0.25) is 19.8 Å². The maximum absolute atomic E-state index is 11.9. The third kappa shape index (κ3) is 2.59. The minimum atomic E-state index is -0.738. The van der Waals surface area contributed by atoms with Gasteiger partial charge in [0.05, 0.1) is 0 Å². The second-order valence-electron chi connectivity index (χ2n) is 5.19. The topological polar surface area (TPSA) is 66.5 Å². The van der Waals surface area contributed by atoms with Crippen LogP contribution in [-0.4, -0.2) is 29.3 Å². The fraction of sp³-hybridized carbons (Fsp3) is 0.727. The molecule has 1 aliphatic rings. The van der Waals surface area contributed by atoms with E-state index in [1.165, 1.54) is 0 Å². The van der Waals surface area contributed by atoms with Crippen LogP contribution < -0.4 is 5.32 Å². The van der Waals surface area contributed by atoms with Gasteiger partial charge in [-0.25, -0.2) is 4.79 Å². The van der Waals surface area contributed by atoms with Crippen molar-refractivity contribution in [3.8, 4) is 0 Å². The molecule has 1 unspecified atom stereocenters. The fourth-order valence-electron chi connectivity index (χ4n) is 1.75. The summed E-state index contributed by atoms with van der Waals surface area (Å²) in [5.41, 5.74) is -0.128. The number of nitrogens with one attached hydrogen (secondary N) is 1. The smallest absolute Gasteiger partial charge is 0.277 e. The highest BCUT2D eigenvalue weighted by molar-refractivity contribution is 6.16. The number of urea groups is 1. The molecule has 90 valence electrons. The average Bonchev–Trinajstić information content (AvgIpc) is 2.11. The predicted octanol–water partition coefficient (Wildman–Crippen LogP) is 1.14. The van der Waals surface area contributed by atoms with Crippen LogP contribution in [0.4, 0.5) is 4.79 Å². The van der Waals surface area contributed by atoms with E-state index in [0.717, 1.165) is 4.90 Å². The number of hydrogen-bond acceptors (Lipinski definition) is 3. The van der Waals surface area contributed by atoms with E-state index in [1.807, 2.05) is 20.8 Å². The fourth-order valence-corrected chi connectivity index (χ4v) is 1.75. The zero-order valence-electron chi connectivity index (χ0n) is 10.2. The molecule has 4 amide bonds. The summed E-state index contributed by atoms with van der Waals surface area (Å²) in [6.07, 6.45) is 0.446. The number of carbonyl (C=O) groups excluding carboxylic acids is 3. The Balaban J connectivity index is 2.88. The van der Waals surface area contributed by atoms with Crippen molar-refractivity contribution in [1.29, 1.82) is 0 Å². The molecule has 0 aromatic heterocycles.